The molecule has 1 aromatic rings. The van der Waals surface area contributed by atoms with Gasteiger partial charge in [-0.3, -0.25) is 9.59 Å². The average Bonchev–Trinajstić information content (AvgIpc) is 2.57. The van der Waals surface area contributed by atoms with Gasteiger partial charge in [0.05, 0.1) is 12.0 Å². The molecule has 1 saturated heterocycles. The highest BCUT2D eigenvalue weighted by Crippen LogP contribution is 2.39. The maximum atomic E-state index is 12.3. The summed E-state index contributed by atoms with van der Waals surface area (Å²) < 4.78 is 0.736. The summed E-state index contributed by atoms with van der Waals surface area (Å²) >= 11 is 9.41. The number of carboxylic acids is 1. The van der Waals surface area contributed by atoms with E-state index in [-0.39, 0.29) is 5.91 Å². The SMILES string of the molecule is CCN1C(=O)CCCC(C(=O)O)C1c1ccc(Cl)cc1Br. The third kappa shape index (κ3) is 3.40. The van der Waals surface area contributed by atoms with Gasteiger partial charge in [0.2, 0.25) is 5.91 Å². The fraction of sp³-hybridized carbons (Fsp3) is 0.467. The molecule has 1 amide bonds. The molecule has 0 aliphatic carbocycles. The summed E-state index contributed by atoms with van der Waals surface area (Å²) in [6.07, 6.45) is 1.50. The zero-order chi connectivity index (χ0) is 15.6. The molecule has 2 unspecified atom stereocenters. The first-order valence-electron chi connectivity index (χ1n) is 6.93. The number of aliphatic carboxylic acids is 1. The number of benzene rings is 1. The van der Waals surface area contributed by atoms with Crippen molar-refractivity contribution in [3.05, 3.63) is 33.3 Å². The lowest BCUT2D eigenvalue weighted by Crippen LogP contribution is -2.39. The highest BCUT2D eigenvalue weighted by atomic mass is 79.9. The van der Waals surface area contributed by atoms with E-state index in [1.54, 1.807) is 23.1 Å². The summed E-state index contributed by atoms with van der Waals surface area (Å²) in [5.41, 5.74) is 0.795. The fourth-order valence-electron chi connectivity index (χ4n) is 2.90. The van der Waals surface area contributed by atoms with Gasteiger partial charge in [-0.2, -0.15) is 0 Å². The van der Waals surface area contributed by atoms with Crippen molar-refractivity contribution >= 4 is 39.4 Å². The molecule has 1 aromatic carbocycles. The number of nitrogens with zero attached hydrogens (tertiary/aromatic N) is 1. The molecule has 0 saturated carbocycles. The van der Waals surface area contributed by atoms with Crippen molar-refractivity contribution in [3.8, 4) is 0 Å². The average molecular weight is 375 g/mol. The molecule has 0 bridgehead atoms. The molecule has 0 aromatic heterocycles. The minimum atomic E-state index is -0.866. The number of carboxylic acid groups (broad SMARTS) is 1. The van der Waals surface area contributed by atoms with Crippen LogP contribution >= 0.6 is 27.5 Å². The van der Waals surface area contributed by atoms with Gasteiger partial charge in [0.1, 0.15) is 0 Å². The highest BCUT2D eigenvalue weighted by Gasteiger charge is 2.38. The standard InChI is InChI=1S/C15H17BrClNO3/c1-2-18-13(19)5-3-4-11(15(20)21)14(18)10-7-6-9(17)8-12(10)16/h6-8,11,14H,2-5H2,1H3,(H,20,21). The van der Waals surface area contributed by atoms with Gasteiger partial charge in [-0.1, -0.05) is 33.6 Å². The molecule has 0 spiro atoms. The van der Waals surface area contributed by atoms with Gasteiger partial charge in [-0.15, -0.1) is 0 Å². The molecule has 0 radical (unpaired) electrons. The maximum absolute atomic E-state index is 12.3. The lowest BCUT2D eigenvalue weighted by Gasteiger charge is -2.33. The predicted octanol–water partition coefficient (Wildman–Crippen LogP) is 3.88. The van der Waals surface area contributed by atoms with E-state index < -0.39 is 17.9 Å². The molecule has 114 valence electrons. The van der Waals surface area contributed by atoms with Crippen LogP contribution in [0.3, 0.4) is 0 Å². The molecular formula is C15H17BrClNO3. The largest absolute Gasteiger partial charge is 0.481 e. The molecule has 6 heteroatoms. The first-order valence-corrected chi connectivity index (χ1v) is 8.10. The summed E-state index contributed by atoms with van der Waals surface area (Å²) in [5, 5.41) is 10.1. The van der Waals surface area contributed by atoms with Crippen LogP contribution in [0.5, 0.6) is 0 Å². The zero-order valence-corrected chi connectivity index (χ0v) is 14.0. The zero-order valence-electron chi connectivity index (χ0n) is 11.7. The number of likely N-dealkylation sites (tertiary alicyclic amines) is 1. The van der Waals surface area contributed by atoms with Crippen molar-refractivity contribution in [1.29, 1.82) is 0 Å². The third-order valence-electron chi connectivity index (χ3n) is 3.88. The predicted molar refractivity (Wildman–Crippen MR) is 84.3 cm³/mol. The molecular weight excluding hydrogens is 358 g/mol. The van der Waals surface area contributed by atoms with Crippen molar-refractivity contribution in [2.24, 2.45) is 5.92 Å². The van der Waals surface area contributed by atoms with Crippen molar-refractivity contribution in [1.82, 2.24) is 4.90 Å². The van der Waals surface area contributed by atoms with E-state index in [2.05, 4.69) is 15.9 Å². The summed E-state index contributed by atoms with van der Waals surface area (Å²) in [5.74, 6) is -1.46. The molecule has 1 N–H and O–H groups in total. The summed E-state index contributed by atoms with van der Waals surface area (Å²) in [6.45, 7) is 2.36. The van der Waals surface area contributed by atoms with Crippen LogP contribution in [-0.4, -0.2) is 28.4 Å². The molecule has 4 nitrogen and oxygen atoms in total. The van der Waals surface area contributed by atoms with Gasteiger partial charge in [0.15, 0.2) is 0 Å². The van der Waals surface area contributed by atoms with E-state index in [1.807, 2.05) is 6.92 Å². The summed E-state index contributed by atoms with van der Waals surface area (Å²) in [7, 11) is 0. The van der Waals surface area contributed by atoms with E-state index in [0.29, 0.717) is 30.8 Å². The van der Waals surface area contributed by atoms with Crippen LogP contribution in [0.2, 0.25) is 5.02 Å². The first-order chi connectivity index (χ1) is 9.95. The Morgan fingerprint density at radius 3 is 2.81 bits per heavy atom. The van der Waals surface area contributed by atoms with Crippen molar-refractivity contribution in [3.63, 3.8) is 0 Å². The molecule has 1 aliphatic rings. The highest BCUT2D eigenvalue weighted by molar-refractivity contribution is 9.10. The van der Waals surface area contributed by atoms with E-state index in [4.69, 9.17) is 11.6 Å². The van der Waals surface area contributed by atoms with Gasteiger partial charge in [-0.05, 0) is 37.5 Å². The quantitative estimate of drug-likeness (QED) is 0.873. The topological polar surface area (TPSA) is 57.6 Å². The Bertz CT molecular complexity index is 562. The molecule has 2 rings (SSSR count). The third-order valence-corrected chi connectivity index (χ3v) is 4.80. The summed E-state index contributed by atoms with van der Waals surface area (Å²) in [4.78, 5) is 25.6. The van der Waals surface area contributed by atoms with Crippen LogP contribution < -0.4 is 0 Å². The second-order valence-corrected chi connectivity index (χ2v) is 6.42. The number of halogens is 2. The molecule has 1 aliphatic heterocycles. The van der Waals surface area contributed by atoms with Crippen LogP contribution in [0.1, 0.15) is 37.8 Å². The lowest BCUT2D eigenvalue weighted by molar-refractivity contribution is -0.146. The van der Waals surface area contributed by atoms with Crippen molar-refractivity contribution in [2.45, 2.75) is 32.2 Å². The number of rotatable bonds is 3. The van der Waals surface area contributed by atoms with Crippen molar-refractivity contribution in [2.75, 3.05) is 6.54 Å². The monoisotopic (exact) mass is 373 g/mol. The minimum absolute atomic E-state index is 0.00750. The lowest BCUT2D eigenvalue weighted by atomic mass is 9.89. The second kappa shape index (κ2) is 6.79. The van der Waals surface area contributed by atoms with Crippen LogP contribution in [0.15, 0.2) is 22.7 Å². The van der Waals surface area contributed by atoms with Crippen molar-refractivity contribution < 1.29 is 14.7 Å². The maximum Gasteiger partial charge on any atom is 0.308 e. The number of carbonyl (C=O) groups excluding carboxylic acids is 1. The summed E-state index contributed by atoms with van der Waals surface area (Å²) in [6, 6.07) is 4.80. The van der Waals surface area contributed by atoms with E-state index in [0.717, 1.165) is 10.0 Å². The molecule has 2 atom stereocenters. The van der Waals surface area contributed by atoms with Crippen LogP contribution in [0.4, 0.5) is 0 Å². The Labute approximate surface area is 137 Å². The smallest absolute Gasteiger partial charge is 0.308 e. The van der Waals surface area contributed by atoms with E-state index in [1.165, 1.54) is 0 Å². The Balaban J connectivity index is 2.53. The number of hydrogen-bond donors (Lipinski definition) is 1. The number of carbonyl (C=O) groups is 2. The molecule has 1 heterocycles. The Morgan fingerprint density at radius 1 is 1.52 bits per heavy atom. The van der Waals surface area contributed by atoms with Gasteiger partial charge in [0, 0.05) is 22.5 Å². The number of hydrogen-bond acceptors (Lipinski definition) is 2. The van der Waals surface area contributed by atoms with Gasteiger partial charge in [0.25, 0.3) is 0 Å². The normalized spacial score (nSPS) is 23.0. The second-order valence-electron chi connectivity index (χ2n) is 5.13. The number of amides is 1. The van der Waals surface area contributed by atoms with Crippen LogP contribution in [-0.2, 0) is 9.59 Å². The first kappa shape index (κ1) is 16.3. The van der Waals surface area contributed by atoms with Gasteiger partial charge in [-0.25, -0.2) is 0 Å². The van der Waals surface area contributed by atoms with Crippen LogP contribution in [0.25, 0.3) is 0 Å². The minimum Gasteiger partial charge on any atom is -0.481 e. The van der Waals surface area contributed by atoms with E-state index in [9.17, 15) is 14.7 Å². The Kier molecular flexibility index (Phi) is 5.27. The van der Waals surface area contributed by atoms with Crippen LogP contribution in [0, 0.1) is 5.92 Å². The van der Waals surface area contributed by atoms with E-state index >= 15 is 0 Å². The van der Waals surface area contributed by atoms with Gasteiger partial charge < -0.3 is 10.0 Å². The fourth-order valence-corrected chi connectivity index (χ4v) is 3.82. The molecule has 1 fully saturated rings. The Morgan fingerprint density at radius 2 is 2.24 bits per heavy atom. The Hall–Kier alpha value is -1.07. The van der Waals surface area contributed by atoms with Gasteiger partial charge >= 0.3 is 5.97 Å². The molecule has 21 heavy (non-hydrogen) atoms.